The molecular formula is C33H42N3O2+. The van der Waals surface area contributed by atoms with Gasteiger partial charge in [-0.1, -0.05) is 31.2 Å². The number of fused-ring (bicyclic) bond motifs is 2. The van der Waals surface area contributed by atoms with Crippen molar-refractivity contribution in [3.05, 3.63) is 65.5 Å². The Balaban J connectivity index is 1.10. The molecule has 2 saturated heterocycles. The van der Waals surface area contributed by atoms with Gasteiger partial charge in [-0.25, -0.2) is 5.21 Å². The number of hydroxylamine groups is 3. The van der Waals surface area contributed by atoms with E-state index in [1.165, 1.54) is 54.0 Å². The van der Waals surface area contributed by atoms with Crippen molar-refractivity contribution in [3.63, 3.8) is 0 Å². The van der Waals surface area contributed by atoms with E-state index in [4.69, 9.17) is 4.74 Å². The number of likely N-dealkylation sites (N-methyl/N-ethyl adjacent to an activating group) is 1. The monoisotopic (exact) mass is 512 g/mol. The predicted molar refractivity (Wildman–Crippen MR) is 149 cm³/mol. The van der Waals surface area contributed by atoms with Crippen molar-refractivity contribution in [1.29, 1.82) is 0 Å². The highest BCUT2D eigenvalue weighted by atomic mass is 16.5. The minimum atomic E-state index is -0.103. The van der Waals surface area contributed by atoms with Crippen molar-refractivity contribution >= 4 is 10.8 Å². The molecule has 3 unspecified atom stereocenters. The molecule has 2 aromatic rings. The third-order valence-electron chi connectivity index (χ3n) is 12.0. The van der Waals surface area contributed by atoms with Gasteiger partial charge in [0.05, 0.1) is 31.3 Å². The first-order chi connectivity index (χ1) is 18.3. The third-order valence-corrected chi connectivity index (χ3v) is 12.0. The van der Waals surface area contributed by atoms with Gasteiger partial charge in [0.25, 0.3) is 0 Å². The Hall–Kier alpha value is -2.05. The lowest BCUT2D eigenvalue weighted by atomic mass is 9.58. The van der Waals surface area contributed by atoms with E-state index in [1.54, 1.807) is 5.57 Å². The topological polar surface area (TPSA) is 45.6 Å². The number of piperazine rings is 1. The first-order valence-electron chi connectivity index (χ1n) is 15.1. The van der Waals surface area contributed by atoms with E-state index < -0.39 is 0 Å². The molecule has 3 aliphatic carbocycles. The largest absolute Gasteiger partial charge is 0.359 e. The van der Waals surface area contributed by atoms with Crippen molar-refractivity contribution < 1.29 is 14.6 Å². The molecule has 8 rings (SSSR count). The maximum atomic E-state index is 10.4. The summed E-state index contributed by atoms with van der Waals surface area (Å²) < 4.78 is 7.72. The van der Waals surface area contributed by atoms with E-state index in [1.807, 2.05) is 19.4 Å². The number of ether oxygens (including phenoxy) is 1. The van der Waals surface area contributed by atoms with Gasteiger partial charge < -0.3 is 4.74 Å². The van der Waals surface area contributed by atoms with Crippen LogP contribution in [0.15, 0.2) is 60.0 Å². The SMILES string of the molecule is CC12CC=C3C=C4CCC(N5CC[N+](C)(O)CC5)C[C@]45CC[C@]3(O5)[C@@H]1CCC2c1ccc2ccncc2c1. The Morgan fingerprint density at radius 3 is 2.82 bits per heavy atom. The number of allylic oxidation sites excluding steroid dienone is 1. The molecule has 0 radical (unpaired) electrons. The molecule has 200 valence electrons. The van der Waals surface area contributed by atoms with Crippen LogP contribution in [0.1, 0.15) is 69.8 Å². The Morgan fingerprint density at radius 1 is 1.08 bits per heavy atom. The second-order valence-electron chi connectivity index (χ2n) is 13.9. The van der Waals surface area contributed by atoms with Crippen LogP contribution in [-0.2, 0) is 4.74 Å². The van der Waals surface area contributed by atoms with E-state index in [0.29, 0.717) is 17.9 Å². The van der Waals surface area contributed by atoms with E-state index in [0.717, 1.165) is 45.4 Å². The average molecular weight is 513 g/mol. The van der Waals surface area contributed by atoms with Crippen LogP contribution < -0.4 is 0 Å². The fourth-order valence-electron chi connectivity index (χ4n) is 9.84. The molecule has 5 heteroatoms. The van der Waals surface area contributed by atoms with Crippen molar-refractivity contribution in [2.75, 3.05) is 33.2 Å². The second-order valence-corrected chi connectivity index (χ2v) is 13.9. The minimum Gasteiger partial charge on any atom is -0.359 e. The van der Waals surface area contributed by atoms with Crippen molar-refractivity contribution in [3.8, 4) is 0 Å². The number of aromatic nitrogens is 1. The second kappa shape index (κ2) is 8.00. The van der Waals surface area contributed by atoms with Gasteiger partial charge in [-0.05, 0) is 103 Å². The van der Waals surface area contributed by atoms with Crippen LogP contribution in [-0.4, -0.2) is 70.2 Å². The number of hydrogen-bond acceptors (Lipinski definition) is 4. The van der Waals surface area contributed by atoms with Crippen LogP contribution >= 0.6 is 0 Å². The van der Waals surface area contributed by atoms with E-state index in [2.05, 4.69) is 53.2 Å². The summed E-state index contributed by atoms with van der Waals surface area (Å²) in [6.45, 7) is 6.21. The van der Waals surface area contributed by atoms with Crippen molar-refractivity contribution in [2.45, 2.75) is 81.5 Å². The maximum Gasteiger partial charge on any atom is 0.121 e. The summed E-state index contributed by atoms with van der Waals surface area (Å²) in [4.78, 5) is 7.05. The molecule has 2 spiro atoms. The number of rotatable bonds is 2. The molecule has 4 heterocycles. The standard InChI is InChI=1S/C33H42N3O2/c1-31-11-9-27-20-26-5-6-28(35-15-17-36(2,37)18-16-35)21-32(26)12-13-33(27,38-32)30(31)8-7-29(31)24-4-3-23-10-14-34-22-25(23)19-24/h3-4,9-10,14,19-20,22,28-30,37H,5-8,11-13,15-18,21H2,1-2H3/q+1/t28?,29?,30-,31?,32-,33-/m1/s1. The lowest BCUT2D eigenvalue weighted by Crippen LogP contribution is -2.60. The fraction of sp³-hybridized carbons (Fsp3) is 0.606. The normalized spacial score (nSPS) is 41.7. The maximum absolute atomic E-state index is 10.4. The molecule has 38 heavy (non-hydrogen) atoms. The Labute approximate surface area is 226 Å². The predicted octanol–water partition coefficient (Wildman–Crippen LogP) is 6.00. The molecule has 0 amide bonds. The lowest BCUT2D eigenvalue weighted by molar-refractivity contribution is -1.09. The highest BCUT2D eigenvalue weighted by molar-refractivity contribution is 5.82. The Morgan fingerprint density at radius 2 is 1.95 bits per heavy atom. The smallest absolute Gasteiger partial charge is 0.121 e. The van der Waals surface area contributed by atoms with Gasteiger partial charge in [-0.3, -0.25) is 9.88 Å². The summed E-state index contributed by atoms with van der Waals surface area (Å²) >= 11 is 0. The summed E-state index contributed by atoms with van der Waals surface area (Å²) in [5.74, 6) is 1.14. The Kier molecular flexibility index (Phi) is 5.01. The molecule has 1 N–H and O–H groups in total. The first-order valence-corrected chi connectivity index (χ1v) is 15.1. The van der Waals surface area contributed by atoms with Crippen LogP contribution in [0.25, 0.3) is 10.8 Å². The van der Waals surface area contributed by atoms with Crippen LogP contribution in [0.2, 0.25) is 0 Å². The molecule has 1 aromatic carbocycles. The zero-order valence-electron chi connectivity index (χ0n) is 23.0. The zero-order chi connectivity index (χ0) is 25.8. The summed E-state index contributed by atoms with van der Waals surface area (Å²) in [5.41, 5.74) is 4.62. The number of quaternary nitrogens is 1. The number of pyridine rings is 1. The first kappa shape index (κ1) is 23.8. The summed E-state index contributed by atoms with van der Waals surface area (Å²) in [6, 6.07) is 9.78. The molecule has 2 saturated carbocycles. The van der Waals surface area contributed by atoms with Crippen LogP contribution in [0, 0.1) is 11.3 Å². The molecule has 4 fully saturated rings. The fourth-order valence-corrected chi connectivity index (χ4v) is 9.84. The molecule has 5 nitrogen and oxygen atoms in total. The average Bonchev–Trinajstić information content (AvgIpc) is 3.43. The van der Waals surface area contributed by atoms with Gasteiger partial charge >= 0.3 is 0 Å². The van der Waals surface area contributed by atoms with E-state index >= 15 is 0 Å². The minimum absolute atomic E-state index is 0.0694. The summed E-state index contributed by atoms with van der Waals surface area (Å²) in [6.07, 6.45) is 18.6. The van der Waals surface area contributed by atoms with Gasteiger partial charge in [0, 0.05) is 23.8 Å². The lowest BCUT2D eigenvalue weighted by Gasteiger charge is -2.55. The number of hydrogen-bond donors (Lipinski definition) is 1. The van der Waals surface area contributed by atoms with Crippen molar-refractivity contribution in [1.82, 2.24) is 9.88 Å². The van der Waals surface area contributed by atoms with Crippen LogP contribution in [0.5, 0.6) is 0 Å². The van der Waals surface area contributed by atoms with Crippen LogP contribution in [0.3, 0.4) is 0 Å². The van der Waals surface area contributed by atoms with Crippen LogP contribution in [0.4, 0.5) is 0 Å². The number of benzene rings is 1. The van der Waals surface area contributed by atoms with E-state index in [-0.39, 0.29) is 21.3 Å². The molecule has 2 bridgehead atoms. The Bertz CT molecular complexity index is 1360. The highest BCUT2D eigenvalue weighted by Gasteiger charge is 2.66. The van der Waals surface area contributed by atoms with Gasteiger partial charge in [-0.15, -0.1) is 0 Å². The van der Waals surface area contributed by atoms with E-state index in [9.17, 15) is 5.21 Å². The van der Waals surface area contributed by atoms with Crippen molar-refractivity contribution in [2.24, 2.45) is 11.3 Å². The third kappa shape index (κ3) is 3.28. The quantitative estimate of drug-likeness (QED) is 0.502. The molecular weight excluding hydrogens is 470 g/mol. The molecule has 3 aliphatic heterocycles. The van der Waals surface area contributed by atoms with Gasteiger partial charge in [-0.2, -0.15) is 4.65 Å². The number of nitrogens with zero attached hydrogens (tertiary/aromatic N) is 3. The van der Waals surface area contributed by atoms with Gasteiger partial charge in [0.15, 0.2) is 0 Å². The molecule has 6 atom stereocenters. The summed E-state index contributed by atoms with van der Waals surface area (Å²) in [5, 5.41) is 13.0. The highest BCUT2D eigenvalue weighted by Crippen LogP contribution is 2.69. The zero-order valence-corrected chi connectivity index (χ0v) is 23.0. The van der Waals surface area contributed by atoms with Gasteiger partial charge in [0.1, 0.15) is 13.1 Å². The molecule has 6 aliphatic rings. The molecule has 1 aromatic heterocycles. The summed E-state index contributed by atoms with van der Waals surface area (Å²) in [7, 11) is 1.94. The van der Waals surface area contributed by atoms with Gasteiger partial charge in [0.2, 0.25) is 0 Å².